The summed E-state index contributed by atoms with van der Waals surface area (Å²) in [7, 11) is 0. The zero-order chi connectivity index (χ0) is 11.7. The van der Waals surface area contributed by atoms with Crippen molar-refractivity contribution in [1.82, 2.24) is 5.32 Å². The molecule has 1 unspecified atom stereocenters. The molecule has 2 amide bonds. The predicted octanol–water partition coefficient (Wildman–Crippen LogP) is 0.677. The van der Waals surface area contributed by atoms with Crippen molar-refractivity contribution in [3.63, 3.8) is 0 Å². The molecule has 2 rings (SSSR count). The van der Waals surface area contributed by atoms with E-state index in [1.807, 2.05) is 0 Å². The van der Waals surface area contributed by atoms with Crippen molar-refractivity contribution in [2.75, 3.05) is 11.4 Å². The lowest BCUT2D eigenvalue weighted by Gasteiger charge is -2.32. The van der Waals surface area contributed by atoms with Gasteiger partial charge in [0.25, 0.3) is 0 Å². The highest BCUT2D eigenvalue weighted by molar-refractivity contribution is 6.06. The summed E-state index contributed by atoms with van der Waals surface area (Å²) in [4.78, 5) is 24.2. The molecular formula is C11H11FN2O2. The number of carbonyl (C=O) groups excluding carboxylic acids is 2. The molecule has 1 atom stereocenters. The number of halogens is 1. The second-order valence-corrected chi connectivity index (χ2v) is 3.61. The molecule has 1 aromatic carbocycles. The molecule has 0 spiro atoms. The van der Waals surface area contributed by atoms with Gasteiger partial charge in [-0.15, -0.1) is 0 Å². The molecule has 1 heterocycles. The van der Waals surface area contributed by atoms with Gasteiger partial charge in [0.2, 0.25) is 11.8 Å². The van der Waals surface area contributed by atoms with E-state index in [0.29, 0.717) is 0 Å². The standard InChI is InChI=1S/C11H11FN2O2/c1-7-11(16)13-6-10(15)14(7)9-5-3-2-4-8(9)12/h2-5,7H,6H2,1H3,(H,13,16). The van der Waals surface area contributed by atoms with E-state index >= 15 is 0 Å². The Morgan fingerprint density at radius 2 is 2.06 bits per heavy atom. The van der Waals surface area contributed by atoms with E-state index in [4.69, 9.17) is 0 Å². The van der Waals surface area contributed by atoms with Gasteiger partial charge in [0.1, 0.15) is 11.9 Å². The van der Waals surface area contributed by atoms with Crippen LogP contribution in [0.3, 0.4) is 0 Å². The number of nitrogens with one attached hydrogen (secondary N) is 1. The molecule has 1 aliphatic rings. The van der Waals surface area contributed by atoms with Crippen LogP contribution in [0.2, 0.25) is 0 Å². The van der Waals surface area contributed by atoms with Crippen molar-refractivity contribution in [1.29, 1.82) is 0 Å². The second kappa shape index (κ2) is 3.92. The van der Waals surface area contributed by atoms with Gasteiger partial charge >= 0.3 is 0 Å². The zero-order valence-corrected chi connectivity index (χ0v) is 8.74. The van der Waals surface area contributed by atoms with Crippen LogP contribution >= 0.6 is 0 Å². The van der Waals surface area contributed by atoms with E-state index in [1.54, 1.807) is 13.0 Å². The van der Waals surface area contributed by atoms with Crippen LogP contribution in [0, 0.1) is 5.82 Å². The largest absolute Gasteiger partial charge is 0.345 e. The van der Waals surface area contributed by atoms with Crippen LogP contribution in [-0.2, 0) is 9.59 Å². The summed E-state index contributed by atoms with van der Waals surface area (Å²) >= 11 is 0. The molecule has 84 valence electrons. The Bertz CT molecular complexity index is 447. The predicted molar refractivity (Wildman–Crippen MR) is 56.4 cm³/mol. The van der Waals surface area contributed by atoms with Gasteiger partial charge in [0.05, 0.1) is 12.2 Å². The minimum atomic E-state index is -0.682. The second-order valence-electron chi connectivity index (χ2n) is 3.61. The third kappa shape index (κ3) is 1.64. The highest BCUT2D eigenvalue weighted by Crippen LogP contribution is 2.22. The van der Waals surface area contributed by atoms with Crippen molar-refractivity contribution < 1.29 is 14.0 Å². The maximum absolute atomic E-state index is 13.5. The van der Waals surface area contributed by atoms with Crippen LogP contribution in [0.15, 0.2) is 24.3 Å². The highest BCUT2D eigenvalue weighted by atomic mass is 19.1. The van der Waals surface area contributed by atoms with Crippen molar-refractivity contribution in [2.45, 2.75) is 13.0 Å². The van der Waals surface area contributed by atoms with Gasteiger partial charge in [0, 0.05) is 0 Å². The molecule has 5 heteroatoms. The van der Waals surface area contributed by atoms with E-state index in [9.17, 15) is 14.0 Å². The molecule has 1 aromatic rings. The van der Waals surface area contributed by atoms with Crippen molar-refractivity contribution in [2.24, 2.45) is 0 Å². The lowest BCUT2D eigenvalue weighted by Crippen LogP contribution is -2.57. The molecule has 4 nitrogen and oxygen atoms in total. The average Bonchev–Trinajstić information content (AvgIpc) is 2.27. The lowest BCUT2D eigenvalue weighted by atomic mass is 10.1. The smallest absolute Gasteiger partial charge is 0.247 e. The third-order valence-corrected chi connectivity index (χ3v) is 2.56. The van der Waals surface area contributed by atoms with Crippen molar-refractivity contribution >= 4 is 17.5 Å². The van der Waals surface area contributed by atoms with Crippen LogP contribution < -0.4 is 10.2 Å². The van der Waals surface area contributed by atoms with Gasteiger partial charge in [-0.05, 0) is 19.1 Å². The number of amides is 2. The number of rotatable bonds is 1. The van der Waals surface area contributed by atoms with Crippen LogP contribution in [0.4, 0.5) is 10.1 Å². The Balaban J connectivity index is 2.41. The molecule has 0 aliphatic carbocycles. The number of hydrogen-bond acceptors (Lipinski definition) is 2. The number of anilines is 1. The molecule has 1 aliphatic heterocycles. The first-order chi connectivity index (χ1) is 7.61. The summed E-state index contributed by atoms with van der Waals surface area (Å²) in [5.41, 5.74) is 0.148. The maximum atomic E-state index is 13.5. The third-order valence-electron chi connectivity index (χ3n) is 2.56. The van der Waals surface area contributed by atoms with E-state index in [1.165, 1.54) is 23.1 Å². The van der Waals surface area contributed by atoms with Gasteiger partial charge in [-0.1, -0.05) is 12.1 Å². The fourth-order valence-electron chi connectivity index (χ4n) is 1.72. The normalized spacial score (nSPS) is 20.9. The summed E-state index contributed by atoms with van der Waals surface area (Å²) in [6.45, 7) is 1.48. The molecule has 1 saturated heterocycles. The molecule has 1 N–H and O–H groups in total. The molecular weight excluding hydrogens is 211 g/mol. The molecule has 0 radical (unpaired) electrons. The van der Waals surface area contributed by atoms with E-state index in [-0.39, 0.29) is 24.0 Å². The summed E-state index contributed by atoms with van der Waals surface area (Å²) in [6, 6.07) is 5.24. The Morgan fingerprint density at radius 1 is 1.38 bits per heavy atom. The highest BCUT2D eigenvalue weighted by Gasteiger charge is 2.33. The summed E-state index contributed by atoms with van der Waals surface area (Å²) in [5, 5.41) is 2.45. The fourth-order valence-corrected chi connectivity index (χ4v) is 1.72. The van der Waals surface area contributed by atoms with Crippen LogP contribution in [-0.4, -0.2) is 24.4 Å². The Kier molecular flexibility index (Phi) is 2.60. The topological polar surface area (TPSA) is 49.4 Å². The summed E-state index contributed by atoms with van der Waals surface area (Å²) < 4.78 is 13.5. The monoisotopic (exact) mass is 222 g/mol. The lowest BCUT2D eigenvalue weighted by molar-refractivity contribution is -0.130. The van der Waals surface area contributed by atoms with Gasteiger partial charge in [0.15, 0.2) is 0 Å². The number of benzene rings is 1. The van der Waals surface area contributed by atoms with Crippen LogP contribution in [0.5, 0.6) is 0 Å². The van der Waals surface area contributed by atoms with Gasteiger partial charge in [-0.25, -0.2) is 4.39 Å². The molecule has 0 bridgehead atoms. The Morgan fingerprint density at radius 3 is 2.75 bits per heavy atom. The fraction of sp³-hybridized carbons (Fsp3) is 0.273. The first-order valence-corrected chi connectivity index (χ1v) is 4.95. The van der Waals surface area contributed by atoms with E-state index in [2.05, 4.69) is 5.32 Å². The maximum Gasteiger partial charge on any atom is 0.247 e. The van der Waals surface area contributed by atoms with Crippen molar-refractivity contribution in [3.8, 4) is 0 Å². The molecule has 16 heavy (non-hydrogen) atoms. The zero-order valence-electron chi connectivity index (χ0n) is 8.74. The Hall–Kier alpha value is -1.91. The minimum Gasteiger partial charge on any atom is -0.345 e. The van der Waals surface area contributed by atoms with Crippen molar-refractivity contribution in [3.05, 3.63) is 30.1 Å². The molecule has 1 fully saturated rings. The summed E-state index contributed by atoms with van der Waals surface area (Å²) in [5.74, 6) is -1.09. The van der Waals surface area contributed by atoms with E-state index < -0.39 is 11.9 Å². The Labute approximate surface area is 92.0 Å². The SMILES string of the molecule is CC1C(=O)NCC(=O)N1c1ccccc1F. The average molecular weight is 222 g/mol. The van der Waals surface area contributed by atoms with Gasteiger partial charge in [-0.2, -0.15) is 0 Å². The number of para-hydroxylation sites is 1. The molecule has 0 saturated carbocycles. The molecule has 0 aromatic heterocycles. The van der Waals surface area contributed by atoms with Crippen LogP contribution in [0.1, 0.15) is 6.92 Å². The van der Waals surface area contributed by atoms with E-state index in [0.717, 1.165) is 0 Å². The quantitative estimate of drug-likeness (QED) is 0.759. The number of hydrogen-bond donors (Lipinski definition) is 1. The minimum absolute atomic E-state index is 0.0858. The summed E-state index contributed by atoms with van der Waals surface area (Å²) in [6.07, 6.45) is 0. The van der Waals surface area contributed by atoms with Gasteiger partial charge < -0.3 is 5.32 Å². The van der Waals surface area contributed by atoms with Gasteiger partial charge in [-0.3, -0.25) is 14.5 Å². The number of nitrogens with zero attached hydrogens (tertiary/aromatic N) is 1. The first kappa shape index (κ1) is 10.6. The van der Waals surface area contributed by atoms with Crippen LogP contribution in [0.25, 0.3) is 0 Å². The first-order valence-electron chi connectivity index (χ1n) is 4.95. The number of piperazine rings is 1. The number of carbonyl (C=O) groups is 2.